The highest BCUT2D eigenvalue weighted by atomic mass is 19.1. The number of halogens is 1. The van der Waals surface area contributed by atoms with Crippen molar-refractivity contribution in [2.75, 3.05) is 57.4 Å². The van der Waals surface area contributed by atoms with Gasteiger partial charge in [0.2, 0.25) is 0 Å². The molecule has 31 heavy (non-hydrogen) atoms. The highest BCUT2D eigenvalue weighted by Gasteiger charge is 2.35. The highest BCUT2D eigenvalue weighted by Crippen LogP contribution is 2.30. The summed E-state index contributed by atoms with van der Waals surface area (Å²) in [5.74, 6) is -0.203. The number of anilines is 1. The second-order valence-corrected chi connectivity index (χ2v) is 8.60. The Labute approximate surface area is 182 Å². The van der Waals surface area contributed by atoms with Crippen molar-refractivity contribution in [3.63, 3.8) is 0 Å². The number of ether oxygens (including phenoxy) is 1. The van der Waals surface area contributed by atoms with Crippen LogP contribution in [-0.4, -0.2) is 79.3 Å². The average molecular weight is 425 g/mol. The van der Waals surface area contributed by atoms with Crippen LogP contribution in [0.5, 0.6) is 0 Å². The third kappa shape index (κ3) is 4.38. The number of nitrogens with zero attached hydrogens (tertiary/aromatic N) is 4. The van der Waals surface area contributed by atoms with Crippen LogP contribution >= 0.6 is 0 Å². The van der Waals surface area contributed by atoms with Gasteiger partial charge in [0.25, 0.3) is 0 Å². The number of hydrogen-bond acceptors (Lipinski definition) is 4. The highest BCUT2D eigenvalue weighted by molar-refractivity contribution is 5.75. The predicted octanol–water partition coefficient (Wildman–Crippen LogP) is 2.78. The summed E-state index contributed by atoms with van der Waals surface area (Å²) in [5.41, 5.74) is 3.56. The molecule has 0 aliphatic carbocycles. The van der Waals surface area contributed by atoms with E-state index in [-0.39, 0.29) is 17.9 Å². The molecular formula is C24H29FN4O2. The summed E-state index contributed by atoms with van der Waals surface area (Å²) in [4.78, 5) is 22.1. The minimum Gasteiger partial charge on any atom is -0.378 e. The van der Waals surface area contributed by atoms with E-state index in [2.05, 4.69) is 34.1 Å². The lowest BCUT2D eigenvalue weighted by Crippen LogP contribution is -2.57. The van der Waals surface area contributed by atoms with Crippen LogP contribution in [0.1, 0.15) is 11.1 Å². The number of morpholine rings is 1. The van der Waals surface area contributed by atoms with Gasteiger partial charge >= 0.3 is 6.03 Å². The van der Waals surface area contributed by atoms with Gasteiger partial charge in [0.05, 0.1) is 19.3 Å². The van der Waals surface area contributed by atoms with E-state index < -0.39 is 0 Å². The molecule has 3 heterocycles. The monoisotopic (exact) mass is 424 g/mol. The number of amides is 2. The summed E-state index contributed by atoms with van der Waals surface area (Å²) in [5, 5.41) is 0. The molecule has 2 fully saturated rings. The Kier molecular flexibility index (Phi) is 5.78. The summed E-state index contributed by atoms with van der Waals surface area (Å²) in [6.07, 6.45) is 0. The van der Waals surface area contributed by atoms with Crippen LogP contribution in [0.3, 0.4) is 0 Å². The van der Waals surface area contributed by atoms with E-state index >= 15 is 0 Å². The fourth-order valence-electron chi connectivity index (χ4n) is 4.93. The van der Waals surface area contributed by atoms with Crippen molar-refractivity contribution in [3.05, 3.63) is 65.5 Å². The average Bonchev–Trinajstić information content (AvgIpc) is 2.97. The molecule has 3 aliphatic heterocycles. The lowest BCUT2D eigenvalue weighted by Gasteiger charge is -2.43. The molecule has 2 amide bonds. The number of hydrogen-bond donors (Lipinski definition) is 0. The number of urea groups is 1. The van der Waals surface area contributed by atoms with Gasteiger partial charge in [-0.2, -0.15) is 0 Å². The maximum Gasteiger partial charge on any atom is 0.320 e. The van der Waals surface area contributed by atoms with Crippen molar-refractivity contribution in [1.82, 2.24) is 14.7 Å². The van der Waals surface area contributed by atoms with Crippen LogP contribution < -0.4 is 4.90 Å². The zero-order valence-electron chi connectivity index (χ0n) is 17.8. The molecule has 164 valence electrons. The zero-order chi connectivity index (χ0) is 21.2. The summed E-state index contributed by atoms with van der Waals surface area (Å²) in [6, 6.07) is 15.6. The minimum absolute atomic E-state index is 0.107. The van der Waals surface area contributed by atoms with Gasteiger partial charge in [0, 0.05) is 58.0 Å². The van der Waals surface area contributed by atoms with E-state index in [0.717, 1.165) is 31.7 Å². The molecule has 2 aromatic carbocycles. The number of para-hydroxylation sites is 1. The molecular weight excluding hydrogens is 395 g/mol. The fourth-order valence-corrected chi connectivity index (χ4v) is 4.93. The number of carbonyl (C=O) groups excluding carboxylic acids is 1. The fraction of sp³-hybridized carbons (Fsp3) is 0.458. The number of benzene rings is 2. The van der Waals surface area contributed by atoms with E-state index in [1.807, 2.05) is 21.9 Å². The minimum atomic E-state index is -0.203. The number of carbonyl (C=O) groups is 1. The molecule has 7 heteroatoms. The van der Waals surface area contributed by atoms with Crippen LogP contribution in [0.15, 0.2) is 48.5 Å². The quantitative estimate of drug-likeness (QED) is 0.743. The van der Waals surface area contributed by atoms with E-state index in [1.54, 1.807) is 0 Å². The molecule has 1 atom stereocenters. The summed E-state index contributed by atoms with van der Waals surface area (Å²) < 4.78 is 18.7. The lowest BCUT2D eigenvalue weighted by molar-refractivity contribution is 0.0416. The van der Waals surface area contributed by atoms with Gasteiger partial charge < -0.3 is 19.4 Å². The van der Waals surface area contributed by atoms with Crippen molar-refractivity contribution in [1.29, 1.82) is 0 Å². The number of fused-ring (bicyclic) bond motifs is 3. The van der Waals surface area contributed by atoms with Crippen molar-refractivity contribution in [3.8, 4) is 0 Å². The maximum absolute atomic E-state index is 13.3. The molecule has 5 rings (SSSR count). The second kappa shape index (κ2) is 8.85. The van der Waals surface area contributed by atoms with Gasteiger partial charge in [-0.25, -0.2) is 9.18 Å². The van der Waals surface area contributed by atoms with Gasteiger partial charge in [-0.3, -0.25) is 4.90 Å². The standard InChI is InChI=1S/C24H29FN4O2/c25-21-7-5-19(6-8-21)15-26-9-10-29-22(17-26)18-28(16-20-3-1-2-4-23(20)29)24(30)27-11-13-31-14-12-27/h1-8,22H,9-18H2. The first-order chi connectivity index (χ1) is 15.2. The Bertz CT molecular complexity index is 916. The van der Waals surface area contributed by atoms with E-state index in [9.17, 15) is 9.18 Å². The van der Waals surface area contributed by atoms with Gasteiger partial charge in [0.1, 0.15) is 5.82 Å². The van der Waals surface area contributed by atoms with Gasteiger partial charge in [-0.05, 0) is 29.3 Å². The molecule has 0 aromatic heterocycles. The molecule has 2 saturated heterocycles. The van der Waals surface area contributed by atoms with E-state index in [4.69, 9.17) is 4.74 Å². The van der Waals surface area contributed by atoms with Crippen LogP contribution in [0, 0.1) is 5.82 Å². The third-order valence-corrected chi connectivity index (χ3v) is 6.53. The Hall–Kier alpha value is -2.64. The summed E-state index contributed by atoms with van der Waals surface area (Å²) in [6.45, 7) is 7.39. The predicted molar refractivity (Wildman–Crippen MR) is 117 cm³/mol. The van der Waals surface area contributed by atoms with Crippen molar-refractivity contribution in [2.45, 2.75) is 19.1 Å². The zero-order valence-corrected chi connectivity index (χ0v) is 17.8. The van der Waals surface area contributed by atoms with Crippen LogP contribution in [0.4, 0.5) is 14.9 Å². The van der Waals surface area contributed by atoms with Crippen molar-refractivity contribution < 1.29 is 13.9 Å². The molecule has 0 N–H and O–H groups in total. The Balaban J connectivity index is 1.36. The molecule has 1 unspecified atom stereocenters. The Morgan fingerprint density at radius 3 is 2.52 bits per heavy atom. The molecule has 0 spiro atoms. The number of piperazine rings is 1. The molecule has 0 saturated carbocycles. The maximum atomic E-state index is 13.3. The largest absolute Gasteiger partial charge is 0.378 e. The summed E-state index contributed by atoms with van der Waals surface area (Å²) in [7, 11) is 0. The Morgan fingerprint density at radius 2 is 1.71 bits per heavy atom. The first-order valence-electron chi connectivity index (χ1n) is 11.1. The normalized spacial score (nSPS) is 22.0. The van der Waals surface area contributed by atoms with Crippen LogP contribution in [-0.2, 0) is 17.8 Å². The Morgan fingerprint density at radius 1 is 0.935 bits per heavy atom. The van der Waals surface area contributed by atoms with Crippen LogP contribution in [0.25, 0.3) is 0 Å². The smallest absolute Gasteiger partial charge is 0.320 e. The van der Waals surface area contributed by atoms with Gasteiger partial charge in [-0.1, -0.05) is 30.3 Å². The lowest BCUT2D eigenvalue weighted by atomic mass is 10.1. The third-order valence-electron chi connectivity index (χ3n) is 6.53. The molecule has 0 bridgehead atoms. The van der Waals surface area contributed by atoms with Gasteiger partial charge in [-0.15, -0.1) is 0 Å². The second-order valence-electron chi connectivity index (χ2n) is 8.60. The summed E-state index contributed by atoms with van der Waals surface area (Å²) >= 11 is 0. The molecule has 3 aliphatic rings. The molecule has 0 radical (unpaired) electrons. The topological polar surface area (TPSA) is 39.3 Å². The SMILES string of the molecule is O=C(N1CCOCC1)N1Cc2ccccc2N2CCN(Cc3ccc(F)cc3)CC2C1. The number of rotatable bonds is 2. The molecule has 6 nitrogen and oxygen atoms in total. The van der Waals surface area contributed by atoms with Crippen molar-refractivity contribution in [2.24, 2.45) is 0 Å². The first kappa shape index (κ1) is 20.3. The van der Waals surface area contributed by atoms with Gasteiger partial charge in [0.15, 0.2) is 0 Å². The van der Waals surface area contributed by atoms with Crippen LogP contribution in [0.2, 0.25) is 0 Å². The molecule has 2 aromatic rings. The van der Waals surface area contributed by atoms with E-state index in [0.29, 0.717) is 39.4 Å². The first-order valence-corrected chi connectivity index (χ1v) is 11.1. The van der Waals surface area contributed by atoms with Crippen molar-refractivity contribution >= 4 is 11.7 Å². The van der Waals surface area contributed by atoms with E-state index in [1.165, 1.54) is 23.4 Å².